The largest absolute Gasteiger partial charge is 0.465 e. The lowest BCUT2D eigenvalue weighted by atomic mass is 10.1. The minimum absolute atomic E-state index is 0.0414. The van der Waals surface area contributed by atoms with Crippen LogP contribution < -0.4 is 0 Å². The molecule has 0 aliphatic carbocycles. The van der Waals surface area contributed by atoms with Gasteiger partial charge in [0.2, 0.25) is 5.82 Å². The number of rotatable bonds is 5. The van der Waals surface area contributed by atoms with Crippen LogP contribution in [-0.4, -0.2) is 49.6 Å². The smallest absolute Gasteiger partial charge is 0.407 e. The highest BCUT2D eigenvalue weighted by Gasteiger charge is 2.23. The van der Waals surface area contributed by atoms with Crippen LogP contribution in [0.4, 0.5) is 14.9 Å². The number of nitro groups is 1. The van der Waals surface area contributed by atoms with Crippen molar-refractivity contribution in [2.75, 3.05) is 13.6 Å². The molecule has 9 nitrogen and oxygen atoms in total. The Morgan fingerprint density at radius 1 is 1.48 bits per heavy atom. The molecule has 0 bridgehead atoms. The number of carboxylic acid groups (broad SMARTS) is 1. The van der Waals surface area contributed by atoms with Gasteiger partial charge in [-0.05, 0) is 6.07 Å². The topological polar surface area (TPSA) is 114 Å². The maximum Gasteiger partial charge on any atom is 0.407 e. The Kier molecular flexibility index (Phi) is 4.53. The van der Waals surface area contributed by atoms with Crippen molar-refractivity contribution in [3.63, 3.8) is 0 Å². The van der Waals surface area contributed by atoms with Crippen LogP contribution in [0, 0.1) is 15.9 Å². The molecule has 23 heavy (non-hydrogen) atoms. The second-order valence-corrected chi connectivity index (χ2v) is 4.83. The van der Waals surface area contributed by atoms with Gasteiger partial charge in [0.25, 0.3) is 0 Å². The molecule has 0 atom stereocenters. The van der Waals surface area contributed by atoms with Crippen LogP contribution in [0.15, 0.2) is 18.2 Å². The van der Waals surface area contributed by atoms with Gasteiger partial charge in [-0.3, -0.25) is 10.1 Å². The Morgan fingerprint density at radius 2 is 2.17 bits per heavy atom. The molecule has 0 saturated carbocycles. The summed E-state index contributed by atoms with van der Waals surface area (Å²) in [4.78, 5) is 23.1. The second-order valence-electron chi connectivity index (χ2n) is 4.83. The fourth-order valence-corrected chi connectivity index (χ4v) is 2.04. The van der Waals surface area contributed by atoms with E-state index in [-0.39, 0.29) is 24.2 Å². The lowest BCUT2D eigenvalue weighted by Gasteiger charge is -2.11. The predicted molar refractivity (Wildman–Crippen MR) is 77.4 cm³/mol. The lowest BCUT2D eigenvalue weighted by molar-refractivity contribution is -0.387. The average Bonchev–Trinajstić information content (AvgIpc) is 2.85. The number of nitro benzene ring substituents is 1. The van der Waals surface area contributed by atoms with Gasteiger partial charge >= 0.3 is 11.8 Å². The van der Waals surface area contributed by atoms with Gasteiger partial charge in [0, 0.05) is 38.7 Å². The Morgan fingerprint density at radius 3 is 2.78 bits per heavy atom. The normalized spacial score (nSPS) is 10.6. The van der Waals surface area contributed by atoms with E-state index in [0.717, 1.165) is 11.0 Å². The average molecular weight is 323 g/mol. The van der Waals surface area contributed by atoms with Crippen molar-refractivity contribution in [2.24, 2.45) is 7.05 Å². The van der Waals surface area contributed by atoms with E-state index in [9.17, 15) is 19.3 Å². The molecule has 0 fully saturated rings. The molecule has 1 N–H and O–H groups in total. The van der Waals surface area contributed by atoms with E-state index in [0.29, 0.717) is 5.69 Å². The summed E-state index contributed by atoms with van der Waals surface area (Å²) < 4.78 is 14.3. The summed E-state index contributed by atoms with van der Waals surface area (Å²) in [5.41, 5.74) is -0.172. The van der Waals surface area contributed by atoms with Crippen molar-refractivity contribution in [2.45, 2.75) is 6.42 Å². The number of aromatic nitrogens is 3. The first-order valence-electron chi connectivity index (χ1n) is 6.58. The minimum Gasteiger partial charge on any atom is -0.465 e. The molecule has 122 valence electrons. The Labute approximate surface area is 130 Å². The summed E-state index contributed by atoms with van der Waals surface area (Å²) in [5.74, 6) is -0.995. The second kappa shape index (κ2) is 6.38. The Balaban J connectivity index is 2.39. The number of carbonyl (C=O) groups is 1. The summed E-state index contributed by atoms with van der Waals surface area (Å²) in [6.45, 7) is 0.136. The van der Waals surface area contributed by atoms with Gasteiger partial charge in [-0.1, -0.05) is 6.07 Å². The molecule has 1 aromatic carbocycles. The zero-order valence-electron chi connectivity index (χ0n) is 12.4. The van der Waals surface area contributed by atoms with Crippen molar-refractivity contribution in [3.8, 4) is 11.3 Å². The number of nitrogens with zero attached hydrogens (tertiary/aromatic N) is 5. The number of likely N-dealkylation sites (N-methyl/N-ethyl adjacent to an activating group) is 1. The van der Waals surface area contributed by atoms with Crippen LogP contribution in [0.25, 0.3) is 11.3 Å². The maximum atomic E-state index is 14.3. The van der Waals surface area contributed by atoms with Crippen LogP contribution in [0.2, 0.25) is 0 Å². The number of hydrogen-bond acceptors (Lipinski definition) is 5. The molecular formula is C13H14FN5O4. The van der Waals surface area contributed by atoms with E-state index in [4.69, 9.17) is 5.11 Å². The molecule has 0 spiro atoms. The van der Waals surface area contributed by atoms with Crippen LogP contribution in [0.3, 0.4) is 0 Å². The van der Waals surface area contributed by atoms with E-state index in [1.165, 1.54) is 31.0 Å². The van der Waals surface area contributed by atoms with Gasteiger partial charge in [0.05, 0.1) is 10.6 Å². The molecule has 1 amide bonds. The highest BCUT2D eigenvalue weighted by Crippen LogP contribution is 2.29. The predicted octanol–water partition coefficient (Wildman–Crippen LogP) is 1.68. The van der Waals surface area contributed by atoms with Crippen molar-refractivity contribution >= 4 is 11.8 Å². The molecule has 0 radical (unpaired) electrons. The number of benzene rings is 1. The van der Waals surface area contributed by atoms with Gasteiger partial charge in [-0.25, -0.2) is 4.79 Å². The van der Waals surface area contributed by atoms with Gasteiger partial charge in [0.1, 0.15) is 5.69 Å². The third-order valence-corrected chi connectivity index (χ3v) is 3.22. The van der Waals surface area contributed by atoms with Crippen molar-refractivity contribution in [3.05, 3.63) is 39.8 Å². The van der Waals surface area contributed by atoms with Gasteiger partial charge in [-0.15, -0.1) is 0 Å². The molecule has 10 heteroatoms. The minimum atomic E-state index is -1.10. The van der Waals surface area contributed by atoms with E-state index >= 15 is 0 Å². The highest BCUT2D eigenvalue weighted by molar-refractivity contribution is 5.66. The molecule has 0 saturated heterocycles. The third-order valence-electron chi connectivity index (χ3n) is 3.22. The van der Waals surface area contributed by atoms with E-state index in [1.54, 1.807) is 0 Å². The Bertz CT molecular complexity index is 761. The van der Waals surface area contributed by atoms with E-state index < -0.39 is 22.5 Å². The van der Waals surface area contributed by atoms with Gasteiger partial charge < -0.3 is 10.0 Å². The van der Waals surface area contributed by atoms with Gasteiger partial charge in [-0.2, -0.15) is 19.4 Å². The number of aryl methyl sites for hydroxylation is 1. The summed E-state index contributed by atoms with van der Waals surface area (Å²) in [5, 5.41) is 27.8. The number of hydrogen-bond donors (Lipinski definition) is 1. The molecular weight excluding hydrogens is 309 g/mol. The van der Waals surface area contributed by atoms with E-state index in [2.05, 4.69) is 10.2 Å². The molecule has 0 aliphatic heterocycles. The van der Waals surface area contributed by atoms with E-state index in [1.807, 2.05) is 0 Å². The standard InChI is InChI=1S/C13H14FN5O4/c1-17(13(20)21)7-6-9-12(16-18(2)15-9)8-4-3-5-10(11(8)14)19(22)23/h3-5H,6-7H2,1-2H3,(H,20,21). The maximum absolute atomic E-state index is 14.3. The molecule has 1 aromatic heterocycles. The van der Waals surface area contributed by atoms with Crippen LogP contribution in [0.5, 0.6) is 0 Å². The first kappa shape index (κ1) is 16.3. The Hall–Kier alpha value is -3.04. The van der Waals surface area contributed by atoms with Crippen molar-refractivity contribution in [1.29, 1.82) is 0 Å². The summed E-state index contributed by atoms with van der Waals surface area (Å²) in [6.07, 6.45) is -0.898. The van der Waals surface area contributed by atoms with Crippen molar-refractivity contribution in [1.82, 2.24) is 19.9 Å². The molecule has 1 heterocycles. The van der Waals surface area contributed by atoms with Crippen LogP contribution in [-0.2, 0) is 13.5 Å². The fraction of sp³-hybridized carbons (Fsp3) is 0.308. The quantitative estimate of drug-likeness (QED) is 0.661. The fourth-order valence-electron chi connectivity index (χ4n) is 2.04. The summed E-state index contributed by atoms with van der Waals surface area (Å²) >= 11 is 0. The third kappa shape index (κ3) is 3.42. The first-order chi connectivity index (χ1) is 10.8. The SMILES string of the molecule is CN(CCc1nn(C)nc1-c1cccc([N+](=O)[O-])c1F)C(=O)O. The summed E-state index contributed by atoms with van der Waals surface area (Å²) in [6, 6.07) is 3.79. The highest BCUT2D eigenvalue weighted by atomic mass is 19.1. The number of amides is 1. The monoisotopic (exact) mass is 323 g/mol. The number of halogens is 1. The molecule has 0 unspecified atom stereocenters. The van der Waals surface area contributed by atoms with Crippen LogP contribution >= 0.6 is 0 Å². The van der Waals surface area contributed by atoms with Gasteiger partial charge in [0.15, 0.2) is 0 Å². The van der Waals surface area contributed by atoms with Crippen molar-refractivity contribution < 1.29 is 19.2 Å². The lowest BCUT2D eigenvalue weighted by Crippen LogP contribution is -2.27. The molecule has 2 rings (SSSR count). The zero-order valence-corrected chi connectivity index (χ0v) is 12.4. The molecule has 0 aliphatic rings. The summed E-state index contributed by atoms with van der Waals surface area (Å²) in [7, 11) is 2.93. The first-order valence-corrected chi connectivity index (χ1v) is 6.58. The zero-order chi connectivity index (χ0) is 17.1. The van der Waals surface area contributed by atoms with Crippen LogP contribution in [0.1, 0.15) is 5.69 Å². The molecule has 2 aromatic rings.